The van der Waals surface area contributed by atoms with Crippen molar-refractivity contribution in [1.82, 2.24) is 9.97 Å². The second-order valence-electron chi connectivity index (χ2n) is 5.80. The number of hydrogen-bond acceptors (Lipinski definition) is 10. The molecule has 0 saturated carbocycles. The molecule has 1 aliphatic heterocycles. The molecule has 1 aromatic rings. The van der Waals surface area contributed by atoms with Gasteiger partial charge in [0.05, 0.1) is 70.3 Å². The zero-order valence-electron chi connectivity index (χ0n) is 14.7. The summed E-state index contributed by atoms with van der Waals surface area (Å²) in [7, 11) is 0. The van der Waals surface area contributed by atoms with Crippen molar-refractivity contribution >= 4 is 5.82 Å². The molecule has 0 unspecified atom stereocenters. The minimum Gasteiger partial charge on any atom is -0.474 e. The molecule has 148 valence electrons. The topological polar surface area (TPSA) is 141 Å². The summed E-state index contributed by atoms with van der Waals surface area (Å²) in [4.78, 5) is 8.36. The first-order valence-corrected chi connectivity index (χ1v) is 8.70. The van der Waals surface area contributed by atoms with E-state index >= 15 is 0 Å². The van der Waals surface area contributed by atoms with Crippen molar-refractivity contribution in [3.63, 3.8) is 0 Å². The van der Waals surface area contributed by atoms with Crippen molar-refractivity contribution in [3.05, 3.63) is 12.4 Å². The van der Waals surface area contributed by atoms with E-state index in [2.05, 4.69) is 15.3 Å². The summed E-state index contributed by atoms with van der Waals surface area (Å²) < 4.78 is 21.5. The Morgan fingerprint density at radius 3 is 2.69 bits per heavy atom. The maximum absolute atomic E-state index is 10.1. The van der Waals surface area contributed by atoms with Crippen LogP contribution in [0.2, 0.25) is 0 Å². The largest absolute Gasteiger partial charge is 0.474 e. The minimum atomic E-state index is -0.637. The Morgan fingerprint density at radius 2 is 1.96 bits per heavy atom. The van der Waals surface area contributed by atoms with Gasteiger partial charge >= 0.3 is 0 Å². The molecule has 1 fully saturated rings. The molecule has 3 atom stereocenters. The first-order valence-electron chi connectivity index (χ1n) is 8.70. The van der Waals surface area contributed by atoms with Crippen molar-refractivity contribution in [2.75, 3.05) is 58.1 Å². The number of nitrogens with two attached hydrogens (primary N) is 1. The third kappa shape index (κ3) is 7.36. The number of ether oxygens (including phenoxy) is 4. The molecule has 0 aromatic carbocycles. The summed E-state index contributed by atoms with van der Waals surface area (Å²) >= 11 is 0. The van der Waals surface area contributed by atoms with Crippen LogP contribution >= 0.6 is 0 Å². The normalized spacial score (nSPS) is 23.0. The van der Waals surface area contributed by atoms with Gasteiger partial charge in [-0.2, -0.15) is 4.98 Å². The highest BCUT2D eigenvalue weighted by atomic mass is 16.5. The van der Waals surface area contributed by atoms with Gasteiger partial charge < -0.3 is 40.2 Å². The van der Waals surface area contributed by atoms with Crippen LogP contribution in [0.15, 0.2) is 12.4 Å². The number of aliphatic hydroxyl groups excluding tert-OH is 2. The zero-order chi connectivity index (χ0) is 18.6. The first kappa shape index (κ1) is 20.7. The number of aliphatic hydroxyl groups is 2. The second kappa shape index (κ2) is 11.9. The molecule has 26 heavy (non-hydrogen) atoms. The van der Waals surface area contributed by atoms with Crippen LogP contribution in [0.4, 0.5) is 5.82 Å². The maximum Gasteiger partial charge on any atom is 0.234 e. The van der Waals surface area contributed by atoms with E-state index in [1.54, 1.807) is 6.20 Å². The highest BCUT2D eigenvalue weighted by Crippen LogP contribution is 2.18. The summed E-state index contributed by atoms with van der Waals surface area (Å²) in [5.41, 5.74) is 5.31. The summed E-state index contributed by atoms with van der Waals surface area (Å²) in [6.45, 7) is 2.91. The van der Waals surface area contributed by atoms with Crippen LogP contribution in [-0.2, 0) is 14.2 Å². The monoisotopic (exact) mass is 372 g/mol. The van der Waals surface area contributed by atoms with Gasteiger partial charge in [0.2, 0.25) is 5.88 Å². The van der Waals surface area contributed by atoms with Gasteiger partial charge in [0.1, 0.15) is 12.4 Å². The molecule has 0 bridgehead atoms. The van der Waals surface area contributed by atoms with Crippen LogP contribution in [0.3, 0.4) is 0 Å². The maximum atomic E-state index is 10.1. The van der Waals surface area contributed by atoms with E-state index in [1.165, 1.54) is 6.20 Å². The molecule has 2 rings (SSSR count). The number of hydrogen-bond donors (Lipinski definition) is 4. The summed E-state index contributed by atoms with van der Waals surface area (Å²) in [5, 5.41) is 22.3. The lowest BCUT2D eigenvalue weighted by Crippen LogP contribution is -2.46. The highest BCUT2D eigenvalue weighted by Gasteiger charge is 2.29. The Morgan fingerprint density at radius 1 is 1.19 bits per heavy atom. The second-order valence-corrected chi connectivity index (χ2v) is 5.80. The van der Waals surface area contributed by atoms with E-state index in [9.17, 15) is 5.11 Å². The third-order valence-corrected chi connectivity index (χ3v) is 3.74. The van der Waals surface area contributed by atoms with Gasteiger partial charge in [-0.1, -0.05) is 0 Å². The van der Waals surface area contributed by atoms with Crippen LogP contribution in [0, 0.1) is 0 Å². The van der Waals surface area contributed by atoms with Crippen LogP contribution in [0.1, 0.15) is 6.42 Å². The van der Waals surface area contributed by atoms with Crippen LogP contribution in [0.5, 0.6) is 5.88 Å². The molecule has 1 aromatic heterocycles. The minimum absolute atomic E-state index is 0.103. The Balaban J connectivity index is 1.67. The highest BCUT2D eigenvalue weighted by molar-refractivity contribution is 5.35. The van der Waals surface area contributed by atoms with Crippen LogP contribution in [0.25, 0.3) is 0 Å². The van der Waals surface area contributed by atoms with Crippen LogP contribution in [-0.4, -0.2) is 91.2 Å². The lowest BCUT2D eigenvalue weighted by atomic mass is 10.0. The smallest absolute Gasteiger partial charge is 0.234 e. The molecule has 1 aliphatic rings. The van der Waals surface area contributed by atoms with E-state index < -0.39 is 6.10 Å². The molecular weight excluding hydrogens is 344 g/mol. The van der Waals surface area contributed by atoms with Crippen molar-refractivity contribution in [2.24, 2.45) is 5.73 Å². The van der Waals surface area contributed by atoms with Gasteiger partial charge in [-0.15, -0.1) is 0 Å². The van der Waals surface area contributed by atoms with Gasteiger partial charge in [0.15, 0.2) is 0 Å². The van der Waals surface area contributed by atoms with Crippen molar-refractivity contribution in [2.45, 2.75) is 24.7 Å². The number of anilines is 1. The van der Waals surface area contributed by atoms with E-state index in [0.29, 0.717) is 57.7 Å². The molecule has 0 amide bonds. The summed E-state index contributed by atoms with van der Waals surface area (Å²) in [6, 6.07) is -0.320. The van der Waals surface area contributed by atoms with E-state index in [0.717, 1.165) is 0 Å². The molecule has 1 saturated heterocycles. The van der Waals surface area contributed by atoms with Crippen molar-refractivity contribution in [1.29, 1.82) is 0 Å². The average Bonchev–Trinajstić information content (AvgIpc) is 2.66. The van der Waals surface area contributed by atoms with Crippen molar-refractivity contribution in [3.8, 4) is 5.88 Å². The molecule has 0 aliphatic carbocycles. The Labute approximate surface area is 152 Å². The number of nitrogens with one attached hydrogen (secondary N) is 1. The quantitative estimate of drug-likeness (QED) is 0.330. The number of nitrogens with zero attached hydrogens (tertiary/aromatic N) is 2. The first-order chi connectivity index (χ1) is 12.7. The Kier molecular flexibility index (Phi) is 9.53. The molecule has 5 N–H and O–H groups in total. The van der Waals surface area contributed by atoms with Gasteiger partial charge in [-0.05, 0) is 0 Å². The molecule has 2 heterocycles. The predicted octanol–water partition coefficient (Wildman–Crippen LogP) is -1.23. The van der Waals surface area contributed by atoms with Gasteiger partial charge in [0.25, 0.3) is 0 Å². The van der Waals surface area contributed by atoms with E-state index in [-0.39, 0.29) is 25.4 Å². The summed E-state index contributed by atoms with van der Waals surface area (Å²) in [6.07, 6.45) is 2.45. The van der Waals surface area contributed by atoms with E-state index in [1.807, 2.05) is 0 Å². The van der Waals surface area contributed by atoms with Gasteiger partial charge in [-0.3, -0.25) is 4.98 Å². The molecule has 10 heteroatoms. The number of rotatable bonds is 12. The fraction of sp³-hybridized carbons (Fsp3) is 0.750. The third-order valence-electron chi connectivity index (χ3n) is 3.74. The van der Waals surface area contributed by atoms with Crippen LogP contribution < -0.4 is 15.8 Å². The molecule has 0 radical (unpaired) electrons. The molecular formula is C16H28N4O6. The number of aromatic nitrogens is 2. The lowest BCUT2D eigenvalue weighted by molar-refractivity contribution is -0.0713. The van der Waals surface area contributed by atoms with Crippen molar-refractivity contribution < 1.29 is 29.2 Å². The fourth-order valence-corrected chi connectivity index (χ4v) is 2.41. The fourth-order valence-electron chi connectivity index (χ4n) is 2.41. The molecule has 0 spiro atoms. The summed E-state index contributed by atoms with van der Waals surface area (Å²) in [5.74, 6) is 0.839. The Hall–Kier alpha value is -1.56. The zero-order valence-corrected chi connectivity index (χ0v) is 14.7. The molecule has 10 nitrogen and oxygen atoms in total. The standard InChI is InChI=1S/C16H28N4O6/c17-1-2-23-3-4-24-5-6-25-16-9-18-8-15(20-16)19-13-11-26-12(10-21)7-14(13)22/h8-9,12-14,21-22H,1-7,10-11,17H2,(H,19,20)/t12-,13-,14-/m0/s1. The predicted molar refractivity (Wildman–Crippen MR) is 93.1 cm³/mol. The average molecular weight is 372 g/mol. The lowest BCUT2D eigenvalue weighted by Gasteiger charge is -2.33. The van der Waals surface area contributed by atoms with Gasteiger partial charge in [-0.25, -0.2) is 0 Å². The Bertz CT molecular complexity index is 509. The SMILES string of the molecule is NCCOCCOCCOc1cncc(N[C@H]2CO[C@H](CO)C[C@@H]2O)n1. The van der Waals surface area contributed by atoms with E-state index in [4.69, 9.17) is 29.8 Å². The van der Waals surface area contributed by atoms with Gasteiger partial charge in [0, 0.05) is 13.0 Å².